The molecule has 1 heterocycles. The van der Waals surface area contributed by atoms with E-state index in [0.717, 1.165) is 6.29 Å². The number of hydrogen-bond donors (Lipinski definition) is 1. The first-order valence-corrected chi connectivity index (χ1v) is 14.3. The zero-order valence-corrected chi connectivity index (χ0v) is 25.7. The van der Waals surface area contributed by atoms with E-state index >= 15 is 0 Å². The molecule has 39 heavy (non-hydrogen) atoms. The highest BCUT2D eigenvalue weighted by Crippen LogP contribution is 2.35. The van der Waals surface area contributed by atoms with E-state index in [1.807, 2.05) is 67.3 Å². The third kappa shape index (κ3) is 10.6. The lowest BCUT2D eigenvalue weighted by atomic mass is 9.80. The van der Waals surface area contributed by atoms with Crippen LogP contribution in [0.3, 0.4) is 0 Å². The lowest BCUT2D eigenvalue weighted by molar-refractivity contribution is -0.141. The highest BCUT2D eigenvalue weighted by Gasteiger charge is 2.44. The highest BCUT2D eigenvalue weighted by atomic mass is 16.5. The van der Waals surface area contributed by atoms with Crippen molar-refractivity contribution in [2.45, 2.75) is 79.8 Å². The third-order valence-corrected chi connectivity index (χ3v) is 7.64. The van der Waals surface area contributed by atoms with Gasteiger partial charge in [0.1, 0.15) is 6.29 Å². The Morgan fingerprint density at radius 1 is 1.03 bits per heavy atom. The van der Waals surface area contributed by atoms with Crippen LogP contribution < -0.4 is 5.32 Å². The summed E-state index contributed by atoms with van der Waals surface area (Å²) in [5.41, 5.74) is -1.09. The maximum Gasteiger partial charge on any atom is 0.238 e. The Morgan fingerprint density at radius 2 is 1.56 bits per heavy atom. The molecule has 1 fully saturated rings. The maximum absolute atomic E-state index is 13.1. The first kappa shape index (κ1) is 35.1. The molecule has 1 aliphatic heterocycles. The lowest BCUT2D eigenvalue weighted by Gasteiger charge is -2.37. The summed E-state index contributed by atoms with van der Waals surface area (Å²) < 4.78 is 16.7. The molecule has 0 radical (unpaired) electrons. The van der Waals surface area contributed by atoms with E-state index in [1.54, 1.807) is 0 Å². The molecule has 10 nitrogen and oxygen atoms in total. The number of nitrogens with zero attached hydrogens (tertiary/aromatic N) is 2. The van der Waals surface area contributed by atoms with Crippen LogP contribution in [0.4, 0.5) is 0 Å². The molecule has 1 aliphatic rings. The topological polar surface area (TPSA) is 114 Å². The van der Waals surface area contributed by atoms with Gasteiger partial charge in [0.05, 0.1) is 63.7 Å². The molecule has 10 heteroatoms. The summed E-state index contributed by atoms with van der Waals surface area (Å²) in [7, 11) is 1.89. The summed E-state index contributed by atoms with van der Waals surface area (Å²) in [6.07, 6.45) is 1.67. The largest absolute Gasteiger partial charge is 0.378 e. The molecule has 0 spiro atoms. The monoisotopic (exact) mass is 555 g/mol. The highest BCUT2D eigenvalue weighted by molar-refractivity contribution is 6.03. The molecule has 3 atom stereocenters. The molecule has 1 N–H and O–H groups in total. The minimum atomic E-state index is -0.860. The smallest absolute Gasteiger partial charge is 0.238 e. The van der Waals surface area contributed by atoms with E-state index < -0.39 is 5.54 Å². The van der Waals surface area contributed by atoms with E-state index in [0.29, 0.717) is 46.0 Å². The Labute approximate surface area is 235 Å². The fourth-order valence-corrected chi connectivity index (χ4v) is 4.85. The molecule has 1 rings (SSSR count). The number of amides is 3. The van der Waals surface area contributed by atoms with Gasteiger partial charge in [-0.25, -0.2) is 0 Å². The first-order valence-electron chi connectivity index (χ1n) is 14.3. The van der Waals surface area contributed by atoms with Gasteiger partial charge >= 0.3 is 0 Å². The number of hydrogen-bond acceptors (Lipinski definition) is 8. The average Bonchev–Trinajstić information content (AvgIpc) is 3.14. The molecule has 226 valence electrons. The number of carbonyl (C=O) groups excluding carboxylic acids is 4. The van der Waals surface area contributed by atoms with E-state index in [1.165, 1.54) is 4.90 Å². The average molecular weight is 556 g/mol. The van der Waals surface area contributed by atoms with E-state index in [2.05, 4.69) is 5.32 Å². The summed E-state index contributed by atoms with van der Waals surface area (Å²) >= 11 is 0. The zero-order valence-electron chi connectivity index (χ0n) is 25.7. The van der Waals surface area contributed by atoms with E-state index in [-0.39, 0.29) is 66.5 Å². The molecule has 0 saturated carbocycles. The second-order valence-electron chi connectivity index (χ2n) is 12.2. The third-order valence-electron chi connectivity index (χ3n) is 7.64. The van der Waals surface area contributed by atoms with Gasteiger partial charge in [0, 0.05) is 13.0 Å². The molecule has 0 aromatic rings. The number of imide groups is 1. The van der Waals surface area contributed by atoms with Gasteiger partial charge in [-0.15, -0.1) is 0 Å². The second-order valence-corrected chi connectivity index (χ2v) is 12.2. The van der Waals surface area contributed by atoms with Crippen LogP contribution in [0, 0.1) is 23.2 Å². The van der Waals surface area contributed by atoms with E-state index in [4.69, 9.17) is 14.2 Å². The molecular formula is C29H53N3O7. The van der Waals surface area contributed by atoms with Crippen molar-refractivity contribution < 1.29 is 33.4 Å². The van der Waals surface area contributed by atoms with Crippen molar-refractivity contribution in [3.63, 3.8) is 0 Å². The zero-order chi connectivity index (χ0) is 29.8. The fraction of sp³-hybridized carbons (Fsp3) is 0.862. The molecule has 1 unspecified atom stereocenters. The van der Waals surface area contributed by atoms with Gasteiger partial charge in [0.15, 0.2) is 0 Å². The number of rotatable bonds is 19. The summed E-state index contributed by atoms with van der Waals surface area (Å²) in [4.78, 5) is 52.8. The van der Waals surface area contributed by atoms with Crippen LogP contribution in [0.1, 0.15) is 68.2 Å². The van der Waals surface area contributed by atoms with Gasteiger partial charge < -0.3 is 24.3 Å². The van der Waals surface area contributed by atoms with Crippen molar-refractivity contribution >= 4 is 24.0 Å². The van der Waals surface area contributed by atoms with Crippen molar-refractivity contribution in [2.75, 3.05) is 59.8 Å². The Morgan fingerprint density at radius 3 is 2.00 bits per heavy atom. The molecule has 0 aromatic heterocycles. The second kappa shape index (κ2) is 16.4. The van der Waals surface area contributed by atoms with Crippen molar-refractivity contribution in [1.82, 2.24) is 15.1 Å². The number of ether oxygens (including phenoxy) is 3. The molecular weight excluding hydrogens is 502 g/mol. The number of likely N-dealkylation sites (N-methyl/N-ethyl adjacent to an activating group) is 1. The van der Waals surface area contributed by atoms with Crippen molar-refractivity contribution in [3.8, 4) is 0 Å². The van der Waals surface area contributed by atoms with Crippen LogP contribution in [0.25, 0.3) is 0 Å². The van der Waals surface area contributed by atoms with E-state index in [9.17, 15) is 19.2 Å². The Hall–Kier alpha value is -1.88. The van der Waals surface area contributed by atoms with Gasteiger partial charge in [-0.2, -0.15) is 0 Å². The number of carbonyl (C=O) groups is 4. The summed E-state index contributed by atoms with van der Waals surface area (Å²) in [5, 5.41) is 3.00. The summed E-state index contributed by atoms with van der Waals surface area (Å²) in [5.74, 6) is -0.598. The Kier molecular flexibility index (Phi) is 14.8. The van der Waals surface area contributed by atoms with Crippen LogP contribution in [0.2, 0.25) is 0 Å². The van der Waals surface area contributed by atoms with Crippen LogP contribution in [0.5, 0.6) is 0 Å². The van der Waals surface area contributed by atoms with Gasteiger partial charge in [0.25, 0.3) is 0 Å². The van der Waals surface area contributed by atoms with Crippen molar-refractivity contribution in [2.24, 2.45) is 23.2 Å². The summed E-state index contributed by atoms with van der Waals surface area (Å²) in [6, 6.07) is -0.378. The minimum absolute atomic E-state index is 0.00419. The van der Waals surface area contributed by atoms with Gasteiger partial charge in [-0.3, -0.25) is 24.2 Å². The van der Waals surface area contributed by atoms with Crippen LogP contribution >= 0.6 is 0 Å². The van der Waals surface area contributed by atoms with Gasteiger partial charge in [0.2, 0.25) is 17.7 Å². The number of nitrogens with one attached hydrogen (secondary N) is 1. The molecule has 0 bridgehead atoms. The van der Waals surface area contributed by atoms with Gasteiger partial charge in [-0.05, 0) is 30.7 Å². The number of likely N-dealkylation sites (tertiary alicyclic amines) is 1. The Balaban J connectivity index is 2.24. The fourth-order valence-electron chi connectivity index (χ4n) is 4.85. The molecule has 0 aliphatic carbocycles. The normalized spacial score (nSPS) is 18.8. The lowest BCUT2D eigenvalue weighted by Crippen LogP contribution is -2.59. The van der Waals surface area contributed by atoms with Crippen LogP contribution in [-0.4, -0.2) is 105 Å². The SMILES string of the molecule is CC[C@](C=O)(NC(=O)[C@H](C(C)C)N(C)CCOCCOCCOCCN1C(=O)CC(C(C)(C)C)C1=O)C(C)C. The van der Waals surface area contributed by atoms with Crippen LogP contribution in [0.15, 0.2) is 0 Å². The van der Waals surface area contributed by atoms with Gasteiger partial charge in [-0.1, -0.05) is 55.4 Å². The summed E-state index contributed by atoms with van der Waals surface area (Å²) in [6.45, 7) is 18.8. The molecule has 1 saturated heterocycles. The predicted octanol–water partition coefficient (Wildman–Crippen LogP) is 2.53. The first-order chi connectivity index (χ1) is 18.2. The van der Waals surface area contributed by atoms with Crippen molar-refractivity contribution in [1.29, 1.82) is 0 Å². The van der Waals surface area contributed by atoms with Crippen LogP contribution in [-0.2, 0) is 33.4 Å². The Bertz CT molecular complexity index is 796. The minimum Gasteiger partial charge on any atom is -0.378 e. The number of aldehydes is 1. The molecule has 0 aromatic carbocycles. The molecule has 3 amide bonds. The maximum atomic E-state index is 13.1. The van der Waals surface area contributed by atoms with Crippen molar-refractivity contribution in [3.05, 3.63) is 0 Å². The predicted molar refractivity (Wildman–Crippen MR) is 150 cm³/mol. The standard InChI is InChI=1S/C29H53N3O7/c1-10-29(20-33,22(4)5)30-26(35)25(21(2)3)31(9)11-13-37-15-17-39-18-16-38-14-12-32-24(34)19-23(27(32)36)28(6,7)8/h20-23,25H,10-19H2,1-9H3,(H,30,35)/t23?,25-,29+/m0/s1. The quantitative estimate of drug-likeness (QED) is 0.147.